The molecule has 4 nitrogen and oxygen atoms in total. The van der Waals surface area contributed by atoms with Gasteiger partial charge < -0.3 is 9.80 Å². The van der Waals surface area contributed by atoms with Crippen LogP contribution in [-0.4, -0.2) is 53.5 Å². The quantitative estimate of drug-likeness (QED) is 0.721. The molecule has 0 bridgehead atoms. The van der Waals surface area contributed by atoms with Gasteiger partial charge in [0.2, 0.25) is 11.8 Å². The van der Waals surface area contributed by atoms with Crippen molar-refractivity contribution in [2.24, 2.45) is 5.92 Å². The Morgan fingerprint density at radius 1 is 1.21 bits per heavy atom. The van der Waals surface area contributed by atoms with Gasteiger partial charge in [0.1, 0.15) is 0 Å². The third kappa shape index (κ3) is 4.90. The van der Waals surface area contributed by atoms with Crippen LogP contribution in [-0.2, 0) is 9.59 Å². The second-order valence-corrected chi connectivity index (χ2v) is 7.31. The van der Waals surface area contributed by atoms with Crippen molar-refractivity contribution < 1.29 is 9.59 Å². The maximum absolute atomic E-state index is 12.4. The van der Waals surface area contributed by atoms with Crippen LogP contribution in [0.2, 0.25) is 5.02 Å². The van der Waals surface area contributed by atoms with E-state index < -0.39 is 0 Å². The molecule has 0 radical (unpaired) electrons. The Kier molecular flexibility index (Phi) is 7.43. The number of halogens is 1. The van der Waals surface area contributed by atoms with Crippen molar-refractivity contribution >= 4 is 35.2 Å². The number of amides is 2. The summed E-state index contributed by atoms with van der Waals surface area (Å²) >= 11 is 7.59. The summed E-state index contributed by atoms with van der Waals surface area (Å²) in [6, 6.07) is 7.56. The van der Waals surface area contributed by atoms with Crippen LogP contribution in [0.25, 0.3) is 0 Å². The van der Waals surface area contributed by atoms with Crippen LogP contribution < -0.4 is 0 Å². The molecule has 0 N–H and O–H groups in total. The number of piperidine rings is 1. The summed E-state index contributed by atoms with van der Waals surface area (Å²) in [6.07, 6.45) is 1.52. The third-order valence-electron chi connectivity index (χ3n) is 4.46. The summed E-state index contributed by atoms with van der Waals surface area (Å²) in [4.78, 5) is 29.4. The zero-order valence-corrected chi connectivity index (χ0v) is 15.9. The molecule has 0 aliphatic carbocycles. The Morgan fingerprint density at radius 3 is 2.42 bits per heavy atom. The Bertz CT molecular complexity index is 570. The van der Waals surface area contributed by atoms with Crippen LogP contribution in [0.1, 0.15) is 26.7 Å². The fourth-order valence-electron chi connectivity index (χ4n) is 2.96. The van der Waals surface area contributed by atoms with Gasteiger partial charge in [0.05, 0.1) is 10.8 Å². The Morgan fingerprint density at radius 2 is 1.83 bits per heavy atom. The highest BCUT2D eigenvalue weighted by Gasteiger charge is 2.29. The molecule has 0 saturated carbocycles. The third-order valence-corrected chi connectivity index (χ3v) is 5.96. The second kappa shape index (κ2) is 9.33. The highest BCUT2D eigenvalue weighted by Crippen LogP contribution is 2.27. The highest BCUT2D eigenvalue weighted by atomic mass is 35.5. The molecule has 1 heterocycles. The number of benzene rings is 1. The minimum atomic E-state index is 0.0603. The molecule has 0 spiro atoms. The SMILES string of the molecule is CCN(CC)C(=O)C1CCN(C(=O)CSc2ccccc2Cl)CC1. The molecular formula is C18H25ClN2O2S. The van der Waals surface area contributed by atoms with Crippen LogP contribution in [0.5, 0.6) is 0 Å². The molecule has 2 amide bonds. The number of rotatable bonds is 6. The fraction of sp³-hybridized carbons (Fsp3) is 0.556. The normalized spacial score (nSPS) is 15.4. The number of hydrogen-bond acceptors (Lipinski definition) is 3. The van der Waals surface area contributed by atoms with E-state index >= 15 is 0 Å². The van der Waals surface area contributed by atoms with Crippen LogP contribution in [0.3, 0.4) is 0 Å². The van der Waals surface area contributed by atoms with E-state index in [0.29, 0.717) is 23.9 Å². The summed E-state index contributed by atoms with van der Waals surface area (Å²) in [5.74, 6) is 0.801. The number of nitrogens with zero attached hydrogens (tertiary/aromatic N) is 2. The van der Waals surface area contributed by atoms with Crippen LogP contribution >= 0.6 is 23.4 Å². The fourth-order valence-corrected chi connectivity index (χ4v) is 4.10. The van der Waals surface area contributed by atoms with E-state index in [2.05, 4.69) is 0 Å². The van der Waals surface area contributed by atoms with E-state index in [0.717, 1.165) is 30.8 Å². The zero-order valence-electron chi connectivity index (χ0n) is 14.3. The molecule has 2 rings (SSSR count). The van der Waals surface area contributed by atoms with Crippen LogP contribution in [0.15, 0.2) is 29.2 Å². The van der Waals surface area contributed by atoms with E-state index in [1.54, 1.807) is 0 Å². The standard InChI is InChI=1S/C18H25ClN2O2S/c1-3-20(4-2)18(23)14-9-11-21(12-10-14)17(22)13-24-16-8-6-5-7-15(16)19/h5-8,14H,3-4,9-13H2,1-2H3. The number of thioether (sulfide) groups is 1. The number of likely N-dealkylation sites (tertiary alicyclic amines) is 1. The van der Waals surface area contributed by atoms with Gasteiger partial charge in [0, 0.05) is 37.0 Å². The monoisotopic (exact) mass is 368 g/mol. The minimum absolute atomic E-state index is 0.0603. The Labute approximate surface area is 153 Å². The van der Waals surface area contributed by atoms with Crippen molar-refractivity contribution in [1.82, 2.24) is 9.80 Å². The van der Waals surface area contributed by atoms with Crippen molar-refractivity contribution in [3.8, 4) is 0 Å². The van der Waals surface area contributed by atoms with Gasteiger partial charge in [0.25, 0.3) is 0 Å². The van der Waals surface area contributed by atoms with E-state index in [1.807, 2.05) is 47.9 Å². The predicted octanol–water partition coefficient (Wildman–Crippen LogP) is 3.54. The number of carbonyl (C=O) groups is 2. The predicted molar refractivity (Wildman–Crippen MR) is 99.4 cm³/mol. The lowest BCUT2D eigenvalue weighted by Crippen LogP contribution is -2.44. The average Bonchev–Trinajstić information content (AvgIpc) is 2.62. The Hall–Kier alpha value is -1.20. The Balaban J connectivity index is 1.80. The summed E-state index contributed by atoms with van der Waals surface area (Å²) < 4.78 is 0. The van der Waals surface area contributed by atoms with Crippen LogP contribution in [0.4, 0.5) is 0 Å². The van der Waals surface area contributed by atoms with E-state index in [1.165, 1.54) is 11.8 Å². The molecule has 1 aromatic carbocycles. The molecule has 1 aromatic rings. The molecule has 0 unspecified atom stereocenters. The van der Waals surface area contributed by atoms with Gasteiger partial charge in [-0.15, -0.1) is 11.8 Å². The van der Waals surface area contributed by atoms with Gasteiger partial charge in [-0.25, -0.2) is 0 Å². The maximum atomic E-state index is 12.4. The topological polar surface area (TPSA) is 40.6 Å². The summed E-state index contributed by atoms with van der Waals surface area (Å²) in [7, 11) is 0. The number of hydrogen-bond donors (Lipinski definition) is 0. The molecule has 6 heteroatoms. The van der Waals surface area contributed by atoms with E-state index in [9.17, 15) is 9.59 Å². The summed E-state index contributed by atoms with van der Waals surface area (Å²) in [5, 5.41) is 0.679. The largest absolute Gasteiger partial charge is 0.343 e. The van der Waals surface area contributed by atoms with Gasteiger partial charge in [-0.05, 0) is 38.8 Å². The molecule has 0 atom stereocenters. The van der Waals surface area contributed by atoms with Crippen molar-refractivity contribution in [2.75, 3.05) is 31.9 Å². The van der Waals surface area contributed by atoms with Crippen molar-refractivity contribution in [1.29, 1.82) is 0 Å². The highest BCUT2D eigenvalue weighted by molar-refractivity contribution is 8.00. The van der Waals surface area contributed by atoms with Crippen LogP contribution in [0, 0.1) is 5.92 Å². The van der Waals surface area contributed by atoms with Gasteiger partial charge >= 0.3 is 0 Å². The van der Waals surface area contributed by atoms with Crippen molar-refractivity contribution in [2.45, 2.75) is 31.6 Å². The smallest absolute Gasteiger partial charge is 0.232 e. The molecule has 1 saturated heterocycles. The molecule has 1 aliphatic heterocycles. The first-order chi connectivity index (χ1) is 11.6. The maximum Gasteiger partial charge on any atom is 0.232 e. The molecule has 132 valence electrons. The minimum Gasteiger partial charge on any atom is -0.343 e. The van der Waals surface area contributed by atoms with E-state index in [4.69, 9.17) is 11.6 Å². The molecule has 1 fully saturated rings. The molecule has 0 aromatic heterocycles. The van der Waals surface area contributed by atoms with Crippen molar-refractivity contribution in [3.05, 3.63) is 29.3 Å². The molecule has 24 heavy (non-hydrogen) atoms. The molecular weight excluding hydrogens is 344 g/mol. The van der Waals surface area contributed by atoms with Gasteiger partial charge in [0.15, 0.2) is 0 Å². The van der Waals surface area contributed by atoms with Crippen molar-refractivity contribution in [3.63, 3.8) is 0 Å². The van der Waals surface area contributed by atoms with E-state index in [-0.39, 0.29) is 17.7 Å². The first kappa shape index (κ1) is 19.1. The lowest BCUT2D eigenvalue weighted by Gasteiger charge is -2.33. The van der Waals surface area contributed by atoms with Gasteiger partial charge in [-0.2, -0.15) is 0 Å². The average molecular weight is 369 g/mol. The van der Waals surface area contributed by atoms with Gasteiger partial charge in [-0.3, -0.25) is 9.59 Å². The first-order valence-electron chi connectivity index (χ1n) is 8.50. The first-order valence-corrected chi connectivity index (χ1v) is 9.87. The summed E-state index contributed by atoms with van der Waals surface area (Å²) in [6.45, 7) is 6.85. The molecule has 1 aliphatic rings. The zero-order chi connectivity index (χ0) is 17.5. The number of carbonyl (C=O) groups excluding carboxylic acids is 2. The van der Waals surface area contributed by atoms with Gasteiger partial charge in [-0.1, -0.05) is 23.7 Å². The lowest BCUT2D eigenvalue weighted by molar-refractivity contribution is -0.139. The lowest BCUT2D eigenvalue weighted by atomic mass is 9.95. The second-order valence-electron chi connectivity index (χ2n) is 5.88. The summed E-state index contributed by atoms with van der Waals surface area (Å²) in [5.41, 5.74) is 0.